The molecule has 0 aliphatic carbocycles. The summed E-state index contributed by atoms with van der Waals surface area (Å²) >= 11 is 0. The molecule has 2 aliphatic heterocycles. The van der Waals surface area contributed by atoms with Crippen LogP contribution in [0.4, 0.5) is 5.69 Å². The molecule has 0 bridgehead atoms. The first-order valence-electron chi connectivity index (χ1n) is 10.3. The van der Waals surface area contributed by atoms with Crippen LogP contribution in [0, 0.1) is 11.3 Å². The molecule has 6 nitrogen and oxygen atoms in total. The quantitative estimate of drug-likeness (QED) is 0.603. The minimum absolute atomic E-state index is 0.0560. The molecule has 32 heavy (non-hydrogen) atoms. The van der Waals surface area contributed by atoms with Crippen molar-refractivity contribution in [2.75, 3.05) is 18.5 Å². The highest BCUT2D eigenvalue weighted by Gasteiger charge is 2.45. The van der Waals surface area contributed by atoms with Crippen LogP contribution in [0.2, 0.25) is 0 Å². The Morgan fingerprint density at radius 1 is 0.750 bits per heavy atom. The van der Waals surface area contributed by atoms with Gasteiger partial charge in [-0.25, -0.2) is 0 Å². The van der Waals surface area contributed by atoms with Gasteiger partial charge in [-0.05, 0) is 36.2 Å². The number of imide groups is 1. The van der Waals surface area contributed by atoms with Gasteiger partial charge in [-0.15, -0.1) is 0 Å². The van der Waals surface area contributed by atoms with Crippen LogP contribution in [0.25, 0.3) is 0 Å². The molecule has 156 valence electrons. The van der Waals surface area contributed by atoms with Crippen LogP contribution in [-0.2, 0) is 5.41 Å². The molecule has 0 N–H and O–H groups in total. The molecular formula is C26H19N3O3. The number of benzene rings is 3. The fraction of sp³-hybridized carbons (Fsp3) is 0.154. The van der Waals surface area contributed by atoms with Gasteiger partial charge in [-0.2, -0.15) is 5.26 Å². The molecule has 0 saturated carbocycles. The number of carbonyl (C=O) groups excluding carboxylic acids is 3. The van der Waals surface area contributed by atoms with Gasteiger partial charge >= 0.3 is 0 Å². The Labute approximate surface area is 185 Å². The minimum atomic E-state index is -1.21. The fourth-order valence-corrected chi connectivity index (χ4v) is 4.77. The van der Waals surface area contributed by atoms with E-state index in [9.17, 15) is 19.6 Å². The fourth-order valence-electron chi connectivity index (χ4n) is 4.77. The van der Waals surface area contributed by atoms with Crippen molar-refractivity contribution in [3.63, 3.8) is 0 Å². The molecule has 3 amide bonds. The van der Waals surface area contributed by atoms with Gasteiger partial charge in [0, 0.05) is 30.4 Å². The smallest absolute Gasteiger partial charge is 0.261 e. The van der Waals surface area contributed by atoms with Crippen molar-refractivity contribution in [2.45, 2.75) is 11.8 Å². The third kappa shape index (κ3) is 2.61. The van der Waals surface area contributed by atoms with Crippen molar-refractivity contribution >= 4 is 23.4 Å². The molecule has 0 spiro atoms. The van der Waals surface area contributed by atoms with Crippen molar-refractivity contribution < 1.29 is 14.4 Å². The van der Waals surface area contributed by atoms with E-state index in [2.05, 4.69) is 6.07 Å². The molecule has 5 rings (SSSR count). The van der Waals surface area contributed by atoms with Crippen molar-refractivity contribution in [1.29, 1.82) is 5.26 Å². The first-order valence-corrected chi connectivity index (χ1v) is 10.3. The van der Waals surface area contributed by atoms with E-state index in [0.717, 1.165) is 0 Å². The Morgan fingerprint density at radius 2 is 1.28 bits per heavy atom. The molecule has 0 fully saturated rings. The summed E-state index contributed by atoms with van der Waals surface area (Å²) in [6, 6.07) is 23.6. The zero-order valence-corrected chi connectivity index (χ0v) is 17.4. The number of hydrogen-bond acceptors (Lipinski definition) is 4. The van der Waals surface area contributed by atoms with Gasteiger partial charge in [0.2, 0.25) is 0 Å². The summed E-state index contributed by atoms with van der Waals surface area (Å²) in [6.45, 7) is 0.0560. The minimum Gasteiger partial charge on any atom is -0.311 e. The Balaban J connectivity index is 1.63. The first kappa shape index (κ1) is 19.7. The Hall–Kier alpha value is -4.24. The van der Waals surface area contributed by atoms with Gasteiger partial charge in [0.15, 0.2) is 0 Å². The number of anilines is 1. The third-order valence-corrected chi connectivity index (χ3v) is 6.43. The van der Waals surface area contributed by atoms with Gasteiger partial charge in [0.05, 0.1) is 17.2 Å². The van der Waals surface area contributed by atoms with Gasteiger partial charge < -0.3 is 4.90 Å². The molecule has 2 aliphatic rings. The van der Waals surface area contributed by atoms with Crippen LogP contribution >= 0.6 is 0 Å². The lowest BCUT2D eigenvalue weighted by Crippen LogP contribution is -2.37. The highest BCUT2D eigenvalue weighted by Crippen LogP contribution is 2.45. The lowest BCUT2D eigenvalue weighted by molar-refractivity contribution is 0.0647. The second-order valence-corrected chi connectivity index (χ2v) is 8.00. The van der Waals surface area contributed by atoms with Crippen LogP contribution in [0.1, 0.15) is 48.6 Å². The summed E-state index contributed by atoms with van der Waals surface area (Å²) in [5.41, 5.74) is 1.89. The second kappa shape index (κ2) is 7.17. The molecule has 0 aromatic heterocycles. The molecular weight excluding hydrogens is 402 g/mol. The standard InChI is InChI=1S/C26H19N3O3/c1-28-22-13-7-6-12-21(22)26(16-27,20-11-5-4-10-19(20)23(28)30)14-15-29-24(31)17-8-2-3-9-18(17)25(29)32/h2-13H,14-15H2,1H3. The lowest BCUT2D eigenvalue weighted by Gasteiger charge is -2.30. The van der Waals surface area contributed by atoms with E-state index in [1.807, 2.05) is 24.3 Å². The summed E-state index contributed by atoms with van der Waals surface area (Å²) in [5, 5.41) is 10.5. The topological polar surface area (TPSA) is 81.5 Å². The normalized spacial score (nSPS) is 19.2. The summed E-state index contributed by atoms with van der Waals surface area (Å²) in [4.78, 5) is 41.8. The first-order chi connectivity index (χ1) is 15.5. The maximum Gasteiger partial charge on any atom is 0.261 e. The highest BCUT2D eigenvalue weighted by atomic mass is 16.2. The van der Waals surface area contributed by atoms with E-state index in [1.165, 1.54) is 4.90 Å². The number of rotatable bonds is 3. The SMILES string of the molecule is CN1C(=O)c2ccccc2C(C#N)(CCN2C(=O)c3ccccc3C2=O)c2ccccc21. The maximum absolute atomic E-state index is 13.2. The highest BCUT2D eigenvalue weighted by molar-refractivity contribution is 6.21. The van der Waals surface area contributed by atoms with E-state index in [1.54, 1.807) is 60.5 Å². The predicted octanol–water partition coefficient (Wildman–Crippen LogP) is 3.77. The molecule has 2 heterocycles. The van der Waals surface area contributed by atoms with E-state index in [-0.39, 0.29) is 30.7 Å². The van der Waals surface area contributed by atoms with E-state index in [4.69, 9.17) is 0 Å². The van der Waals surface area contributed by atoms with Crippen LogP contribution in [-0.4, -0.2) is 36.2 Å². The number of carbonyl (C=O) groups is 3. The molecule has 1 unspecified atom stereocenters. The molecule has 6 heteroatoms. The molecule has 3 aromatic carbocycles. The van der Waals surface area contributed by atoms with Crippen LogP contribution in [0.5, 0.6) is 0 Å². The van der Waals surface area contributed by atoms with Gasteiger partial charge in [-0.3, -0.25) is 19.3 Å². The van der Waals surface area contributed by atoms with Crippen LogP contribution < -0.4 is 4.90 Å². The maximum atomic E-state index is 13.2. The van der Waals surface area contributed by atoms with E-state index < -0.39 is 5.41 Å². The van der Waals surface area contributed by atoms with E-state index in [0.29, 0.717) is 33.5 Å². The van der Waals surface area contributed by atoms with Gasteiger partial charge in [-0.1, -0.05) is 48.5 Å². The second-order valence-electron chi connectivity index (χ2n) is 8.00. The monoisotopic (exact) mass is 421 g/mol. The zero-order valence-electron chi connectivity index (χ0n) is 17.4. The van der Waals surface area contributed by atoms with Crippen molar-refractivity contribution in [2.24, 2.45) is 0 Å². The summed E-state index contributed by atoms with van der Waals surface area (Å²) in [5.74, 6) is -0.921. The average molecular weight is 421 g/mol. The number of nitriles is 1. The largest absolute Gasteiger partial charge is 0.311 e. The third-order valence-electron chi connectivity index (χ3n) is 6.43. The Kier molecular flexibility index (Phi) is 4.42. The number of amides is 3. The summed E-state index contributed by atoms with van der Waals surface area (Å²) < 4.78 is 0. The zero-order chi connectivity index (χ0) is 22.5. The summed E-state index contributed by atoms with van der Waals surface area (Å²) in [7, 11) is 1.69. The number of fused-ring (bicyclic) bond motifs is 3. The van der Waals surface area contributed by atoms with Gasteiger partial charge in [0.1, 0.15) is 5.41 Å². The molecule has 1 atom stereocenters. The van der Waals surface area contributed by atoms with Crippen molar-refractivity contribution in [3.05, 3.63) is 101 Å². The molecule has 0 radical (unpaired) electrons. The van der Waals surface area contributed by atoms with Crippen molar-refractivity contribution in [3.8, 4) is 6.07 Å². The summed E-state index contributed by atoms with van der Waals surface area (Å²) in [6.07, 6.45) is 0.171. The number of hydrogen-bond donors (Lipinski definition) is 0. The molecule has 0 saturated heterocycles. The number of para-hydroxylation sites is 1. The number of nitrogens with zero attached hydrogens (tertiary/aromatic N) is 3. The van der Waals surface area contributed by atoms with Gasteiger partial charge in [0.25, 0.3) is 17.7 Å². The Morgan fingerprint density at radius 3 is 1.91 bits per heavy atom. The average Bonchev–Trinajstić information content (AvgIpc) is 3.05. The predicted molar refractivity (Wildman–Crippen MR) is 118 cm³/mol. The van der Waals surface area contributed by atoms with Crippen LogP contribution in [0.15, 0.2) is 72.8 Å². The van der Waals surface area contributed by atoms with Crippen molar-refractivity contribution in [1.82, 2.24) is 4.90 Å². The lowest BCUT2D eigenvalue weighted by atomic mass is 9.71. The Bertz CT molecular complexity index is 1300. The molecule has 3 aromatic rings. The van der Waals surface area contributed by atoms with E-state index >= 15 is 0 Å². The van der Waals surface area contributed by atoms with Crippen LogP contribution in [0.3, 0.4) is 0 Å².